The molecular formula is C13H17ClFN. The van der Waals surface area contributed by atoms with Gasteiger partial charge in [-0.3, -0.25) is 0 Å². The highest BCUT2D eigenvalue weighted by Gasteiger charge is 2.26. The lowest BCUT2D eigenvalue weighted by Crippen LogP contribution is -2.21. The number of halogens is 2. The minimum absolute atomic E-state index is 0.219. The van der Waals surface area contributed by atoms with Crippen molar-refractivity contribution in [2.24, 2.45) is 5.92 Å². The van der Waals surface area contributed by atoms with Crippen LogP contribution in [0.15, 0.2) is 18.2 Å². The molecule has 0 saturated heterocycles. The van der Waals surface area contributed by atoms with Crippen LogP contribution in [0.4, 0.5) is 4.39 Å². The first-order chi connectivity index (χ1) is 7.70. The monoisotopic (exact) mass is 241 g/mol. The minimum Gasteiger partial charge on any atom is -0.310 e. The van der Waals surface area contributed by atoms with Crippen molar-refractivity contribution in [1.82, 2.24) is 5.32 Å². The smallest absolute Gasteiger partial charge is 0.141 e. The third kappa shape index (κ3) is 2.96. The first-order valence-electron chi connectivity index (χ1n) is 5.89. The molecule has 1 aliphatic rings. The van der Waals surface area contributed by atoms with E-state index in [1.165, 1.54) is 18.9 Å². The van der Waals surface area contributed by atoms with Crippen molar-refractivity contribution in [2.45, 2.75) is 32.2 Å². The van der Waals surface area contributed by atoms with E-state index in [9.17, 15) is 4.39 Å². The fraction of sp³-hybridized carbons (Fsp3) is 0.538. The Bertz CT molecular complexity index is 363. The van der Waals surface area contributed by atoms with Crippen molar-refractivity contribution in [3.63, 3.8) is 0 Å². The lowest BCUT2D eigenvalue weighted by atomic mass is 10.0. The third-order valence-electron chi connectivity index (χ3n) is 3.06. The minimum atomic E-state index is -0.341. The topological polar surface area (TPSA) is 12.0 Å². The van der Waals surface area contributed by atoms with Crippen molar-refractivity contribution >= 4 is 11.6 Å². The molecule has 0 amide bonds. The number of nitrogens with one attached hydrogen (secondary N) is 1. The predicted octanol–water partition coefficient (Wildman–Crippen LogP) is 3.93. The molecule has 1 saturated carbocycles. The Morgan fingerprint density at radius 1 is 1.50 bits per heavy atom. The summed E-state index contributed by atoms with van der Waals surface area (Å²) in [5, 5.41) is 3.65. The van der Waals surface area contributed by atoms with E-state index >= 15 is 0 Å². The van der Waals surface area contributed by atoms with E-state index in [4.69, 9.17) is 11.6 Å². The summed E-state index contributed by atoms with van der Waals surface area (Å²) in [6.45, 7) is 3.01. The van der Waals surface area contributed by atoms with Crippen LogP contribution in [0.2, 0.25) is 5.02 Å². The number of rotatable bonds is 5. The molecule has 0 aromatic heterocycles. The van der Waals surface area contributed by atoms with E-state index in [0.717, 1.165) is 24.4 Å². The van der Waals surface area contributed by atoms with Crippen LogP contribution in [-0.2, 0) is 0 Å². The molecule has 1 aliphatic carbocycles. The first kappa shape index (κ1) is 11.9. The second kappa shape index (κ2) is 5.15. The molecule has 1 N–H and O–H groups in total. The zero-order chi connectivity index (χ0) is 11.5. The van der Waals surface area contributed by atoms with Crippen LogP contribution in [0.5, 0.6) is 0 Å². The normalized spacial score (nSPS) is 17.4. The van der Waals surface area contributed by atoms with Gasteiger partial charge >= 0.3 is 0 Å². The van der Waals surface area contributed by atoms with Crippen LogP contribution in [0, 0.1) is 11.7 Å². The summed E-state index contributed by atoms with van der Waals surface area (Å²) >= 11 is 5.81. The Kier molecular flexibility index (Phi) is 3.82. The number of hydrogen-bond acceptors (Lipinski definition) is 1. The van der Waals surface area contributed by atoms with Crippen molar-refractivity contribution in [2.75, 3.05) is 6.54 Å². The molecule has 1 fully saturated rings. The standard InChI is InChI=1S/C13H17ClFN/c1-2-16-13(7-9-3-4-9)10-5-6-12(15)11(14)8-10/h5-6,8-9,13,16H,2-4,7H2,1H3. The molecule has 1 aromatic carbocycles. The van der Waals surface area contributed by atoms with Gasteiger partial charge in [0.1, 0.15) is 5.82 Å². The van der Waals surface area contributed by atoms with Crippen LogP contribution in [0.25, 0.3) is 0 Å². The fourth-order valence-corrected chi connectivity index (χ4v) is 2.19. The second-order valence-electron chi connectivity index (χ2n) is 4.46. The molecule has 3 heteroatoms. The second-order valence-corrected chi connectivity index (χ2v) is 4.87. The van der Waals surface area contributed by atoms with Gasteiger partial charge in [-0.1, -0.05) is 37.4 Å². The molecule has 16 heavy (non-hydrogen) atoms. The van der Waals surface area contributed by atoms with Crippen LogP contribution >= 0.6 is 11.6 Å². The van der Waals surface area contributed by atoms with Crippen LogP contribution < -0.4 is 5.32 Å². The van der Waals surface area contributed by atoms with Crippen LogP contribution in [0.1, 0.15) is 37.8 Å². The van der Waals surface area contributed by atoms with Crippen molar-refractivity contribution < 1.29 is 4.39 Å². The van der Waals surface area contributed by atoms with E-state index in [1.54, 1.807) is 6.07 Å². The highest BCUT2D eigenvalue weighted by molar-refractivity contribution is 6.30. The third-order valence-corrected chi connectivity index (χ3v) is 3.35. The SMILES string of the molecule is CCNC(CC1CC1)c1ccc(F)c(Cl)c1. The molecule has 1 unspecified atom stereocenters. The average molecular weight is 242 g/mol. The van der Waals surface area contributed by atoms with E-state index in [0.29, 0.717) is 6.04 Å². The zero-order valence-corrected chi connectivity index (χ0v) is 10.2. The summed E-state index contributed by atoms with van der Waals surface area (Å²) in [7, 11) is 0. The van der Waals surface area contributed by atoms with Gasteiger partial charge in [-0.05, 0) is 36.6 Å². The molecule has 0 aliphatic heterocycles. The summed E-state index contributed by atoms with van der Waals surface area (Å²) < 4.78 is 13.1. The molecule has 1 aromatic rings. The molecule has 1 atom stereocenters. The van der Waals surface area contributed by atoms with Gasteiger partial charge in [-0.2, -0.15) is 0 Å². The fourth-order valence-electron chi connectivity index (χ4n) is 2.00. The van der Waals surface area contributed by atoms with Gasteiger partial charge in [0.2, 0.25) is 0 Å². The van der Waals surface area contributed by atoms with Gasteiger partial charge in [0, 0.05) is 6.04 Å². The predicted molar refractivity (Wildman–Crippen MR) is 65.2 cm³/mol. The maximum Gasteiger partial charge on any atom is 0.141 e. The summed E-state index contributed by atoms with van der Waals surface area (Å²) in [6.07, 6.45) is 3.80. The highest BCUT2D eigenvalue weighted by atomic mass is 35.5. The van der Waals surface area contributed by atoms with E-state index < -0.39 is 0 Å². The Morgan fingerprint density at radius 2 is 2.25 bits per heavy atom. The maximum atomic E-state index is 13.1. The van der Waals surface area contributed by atoms with E-state index in [1.807, 2.05) is 6.07 Å². The van der Waals surface area contributed by atoms with Gasteiger partial charge in [0.25, 0.3) is 0 Å². The molecule has 88 valence electrons. The molecule has 0 bridgehead atoms. The summed E-state index contributed by atoms with van der Waals surface area (Å²) in [5.41, 5.74) is 1.10. The molecule has 0 radical (unpaired) electrons. The average Bonchev–Trinajstić information content (AvgIpc) is 3.05. The Hall–Kier alpha value is -0.600. The molecule has 2 rings (SSSR count). The Balaban J connectivity index is 2.12. The molecular weight excluding hydrogens is 225 g/mol. The molecule has 0 spiro atoms. The van der Waals surface area contributed by atoms with Gasteiger partial charge in [0.15, 0.2) is 0 Å². The van der Waals surface area contributed by atoms with E-state index in [2.05, 4.69) is 12.2 Å². The highest BCUT2D eigenvalue weighted by Crippen LogP contribution is 2.38. The Labute approximate surface area is 101 Å². The lowest BCUT2D eigenvalue weighted by molar-refractivity contribution is 0.486. The van der Waals surface area contributed by atoms with Crippen molar-refractivity contribution in [1.29, 1.82) is 0 Å². The quantitative estimate of drug-likeness (QED) is 0.824. The largest absolute Gasteiger partial charge is 0.310 e. The lowest BCUT2D eigenvalue weighted by Gasteiger charge is -2.18. The van der Waals surface area contributed by atoms with Crippen molar-refractivity contribution in [3.8, 4) is 0 Å². The van der Waals surface area contributed by atoms with Gasteiger partial charge in [-0.25, -0.2) is 4.39 Å². The van der Waals surface area contributed by atoms with Gasteiger partial charge in [-0.15, -0.1) is 0 Å². The van der Waals surface area contributed by atoms with E-state index in [-0.39, 0.29) is 10.8 Å². The van der Waals surface area contributed by atoms with Gasteiger partial charge in [0.05, 0.1) is 5.02 Å². The molecule has 0 heterocycles. The van der Waals surface area contributed by atoms with Crippen LogP contribution in [-0.4, -0.2) is 6.54 Å². The number of hydrogen-bond donors (Lipinski definition) is 1. The summed E-state index contributed by atoms with van der Waals surface area (Å²) in [6, 6.07) is 5.34. The summed E-state index contributed by atoms with van der Waals surface area (Å²) in [5.74, 6) is 0.500. The van der Waals surface area contributed by atoms with Gasteiger partial charge < -0.3 is 5.32 Å². The molecule has 1 nitrogen and oxygen atoms in total. The van der Waals surface area contributed by atoms with Crippen LogP contribution in [0.3, 0.4) is 0 Å². The Morgan fingerprint density at radius 3 is 2.81 bits per heavy atom. The summed E-state index contributed by atoms with van der Waals surface area (Å²) in [4.78, 5) is 0. The van der Waals surface area contributed by atoms with Crippen molar-refractivity contribution in [3.05, 3.63) is 34.6 Å². The first-order valence-corrected chi connectivity index (χ1v) is 6.26. The maximum absolute atomic E-state index is 13.1. The zero-order valence-electron chi connectivity index (χ0n) is 9.47. The number of benzene rings is 1.